The van der Waals surface area contributed by atoms with Gasteiger partial charge in [0.1, 0.15) is 5.82 Å². The maximum Gasteiger partial charge on any atom is 0.226 e. The Kier molecular flexibility index (Phi) is 4.26. The number of aromatic amines is 1. The number of carbonyl (C=O) groups excluding carboxylic acids is 1. The Morgan fingerprint density at radius 1 is 1.12 bits per heavy atom. The molecule has 0 spiro atoms. The number of hydrogen-bond donors (Lipinski definition) is 1. The average Bonchev–Trinajstić information content (AvgIpc) is 3.05. The number of aromatic nitrogens is 1. The van der Waals surface area contributed by atoms with E-state index < -0.39 is 0 Å². The van der Waals surface area contributed by atoms with Gasteiger partial charge < -0.3 is 9.88 Å². The van der Waals surface area contributed by atoms with E-state index in [2.05, 4.69) is 4.98 Å². The summed E-state index contributed by atoms with van der Waals surface area (Å²) in [5.74, 6) is 0.356. The number of hydrogen-bond acceptors (Lipinski definition) is 1. The number of H-pyrrole nitrogens is 1. The minimum Gasteiger partial charge on any atom is -0.361 e. The first kappa shape index (κ1) is 15.9. The molecule has 3 aromatic rings. The molecule has 1 fully saturated rings. The summed E-state index contributed by atoms with van der Waals surface area (Å²) in [6.07, 6.45) is 4.30. The van der Waals surface area contributed by atoms with E-state index in [4.69, 9.17) is 0 Å². The molecule has 1 aliphatic rings. The van der Waals surface area contributed by atoms with Crippen LogP contribution >= 0.6 is 0 Å². The highest BCUT2D eigenvalue weighted by molar-refractivity contribution is 5.84. The number of rotatable bonds is 3. The molecule has 0 bridgehead atoms. The molecule has 3 nitrogen and oxygen atoms in total. The standard InChI is InChI=1S/C21H21FN2O/c22-17-6-7-20-18(13-17)19(14-23-20)16-8-10-24(11-9-16)21(25)12-15-4-2-1-3-5-15/h1-7,13-14,16,23H,8-12H2. The lowest BCUT2D eigenvalue weighted by atomic mass is 9.89. The number of nitrogens with zero attached hydrogens (tertiary/aromatic N) is 1. The highest BCUT2D eigenvalue weighted by Crippen LogP contribution is 2.33. The van der Waals surface area contributed by atoms with E-state index in [1.807, 2.05) is 41.4 Å². The fraction of sp³-hybridized carbons (Fsp3) is 0.286. The lowest BCUT2D eigenvalue weighted by Gasteiger charge is -2.32. The van der Waals surface area contributed by atoms with Crippen molar-refractivity contribution in [1.82, 2.24) is 9.88 Å². The van der Waals surface area contributed by atoms with Gasteiger partial charge in [-0.3, -0.25) is 4.79 Å². The van der Waals surface area contributed by atoms with Crippen molar-refractivity contribution in [3.05, 3.63) is 71.7 Å². The third kappa shape index (κ3) is 3.29. The van der Waals surface area contributed by atoms with Gasteiger partial charge in [-0.2, -0.15) is 0 Å². The zero-order chi connectivity index (χ0) is 17.2. The molecule has 1 saturated heterocycles. The van der Waals surface area contributed by atoms with Crippen LogP contribution in [0.1, 0.15) is 29.9 Å². The molecule has 25 heavy (non-hydrogen) atoms. The van der Waals surface area contributed by atoms with Crippen LogP contribution in [0.15, 0.2) is 54.7 Å². The van der Waals surface area contributed by atoms with Gasteiger partial charge in [-0.15, -0.1) is 0 Å². The van der Waals surface area contributed by atoms with Crippen molar-refractivity contribution in [2.45, 2.75) is 25.2 Å². The Hall–Kier alpha value is -2.62. The molecule has 1 aliphatic heterocycles. The number of halogens is 1. The maximum absolute atomic E-state index is 13.6. The van der Waals surface area contributed by atoms with Crippen LogP contribution < -0.4 is 0 Å². The van der Waals surface area contributed by atoms with Crippen molar-refractivity contribution in [2.75, 3.05) is 13.1 Å². The monoisotopic (exact) mass is 336 g/mol. The molecule has 0 aliphatic carbocycles. The summed E-state index contributed by atoms with van der Waals surface area (Å²) in [6, 6.07) is 14.7. The topological polar surface area (TPSA) is 36.1 Å². The van der Waals surface area contributed by atoms with E-state index in [0.717, 1.165) is 42.4 Å². The smallest absolute Gasteiger partial charge is 0.226 e. The fourth-order valence-corrected chi connectivity index (χ4v) is 3.77. The Balaban J connectivity index is 1.42. The Labute approximate surface area is 146 Å². The minimum absolute atomic E-state index is 0.189. The summed E-state index contributed by atoms with van der Waals surface area (Å²) in [5.41, 5.74) is 3.20. The molecule has 2 aromatic carbocycles. The molecule has 4 rings (SSSR count). The van der Waals surface area contributed by atoms with Gasteiger partial charge in [-0.25, -0.2) is 4.39 Å². The molecule has 1 aromatic heterocycles. The third-order valence-corrected chi connectivity index (χ3v) is 5.16. The zero-order valence-corrected chi connectivity index (χ0v) is 14.0. The summed E-state index contributed by atoms with van der Waals surface area (Å²) in [7, 11) is 0. The van der Waals surface area contributed by atoms with Gasteiger partial charge >= 0.3 is 0 Å². The first-order valence-electron chi connectivity index (χ1n) is 8.79. The second kappa shape index (κ2) is 6.71. The van der Waals surface area contributed by atoms with Crippen molar-refractivity contribution in [1.29, 1.82) is 0 Å². The van der Waals surface area contributed by atoms with E-state index in [0.29, 0.717) is 12.3 Å². The molecule has 0 saturated carbocycles. The zero-order valence-electron chi connectivity index (χ0n) is 14.0. The molecule has 0 atom stereocenters. The van der Waals surface area contributed by atoms with E-state index in [-0.39, 0.29) is 11.7 Å². The minimum atomic E-state index is -0.205. The van der Waals surface area contributed by atoms with Crippen molar-refractivity contribution >= 4 is 16.8 Å². The maximum atomic E-state index is 13.6. The first-order chi connectivity index (χ1) is 12.2. The van der Waals surface area contributed by atoms with E-state index >= 15 is 0 Å². The molecule has 1 amide bonds. The van der Waals surface area contributed by atoms with Crippen molar-refractivity contribution in [2.24, 2.45) is 0 Å². The summed E-state index contributed by atoms with van der Waals surface area (Å²) in [6.45, 7) is 1.52. The van der Waals surface area contributed by atoms with Gasteiger partial charge in [0, 0.05) is 30.2 Å². The van der Waals surface area contributed by atoms with Gasteiger partial charge in [0.2, 0.25) is 5.91 Å². The van der Waals surface area contributed by atoms with Gasteiger partial charge in [0.15, 0.2) is 0 Å². The Bertz CT molecular complexity index is 879. The predicted octanol–water partition coefficient (Wildman–Crippen LogP) is 4.26. The van der Waals surface area contributed by atoms with Crippen LogP contribution in [0.5, 0.6) is 0 Å². The second-order valence-electron chi connectivity index (χ2n) is 6.75. The third-order valence-electron chi connectivity index (χ3n) is 5.16. The van der Waals surface area contributed by atoms with Crippen LogP contribution in [-0.2, 0) is 11.2 Å². The number of amides is 1. The fourth-order valence-electron chi connectivity index (χ4n) is 3.77. The second-order valence-corrected chi connectivity index (χ2v) is 6.75. The van der Waals surface area contributed by atoms with Crippen molar-refractivity contribution in [3.63, 3.8) is 0 Å². The largest absolute Gasteiger partial charge is 0.361 e. The van der Waals surface area contributed by atoms with Crippen LogP contribution in [0.2, 0.25) is 0 Å². The van der Waals surface area contributed by atoms with E-state index in [1.165, 1.54) is 11.6 Å². The van der Waals surface area contributed by atoms with E-state index in [9.17, 15) is 9.18 Å². The Morgan fingerprint density at radius 3 is 2.64 bits per heavy atom. The molecule has 0 unspecified atom stereocenters. The highest BCUT2D eigenvalue weighted by Gasteiger charge is 2.25. The molecular formula is C21H21FN2O. The van der Waals surface area contributed by atoms with Gasteiger partial charge in [0.25, 0.3) is 0 Å². The predicted molar refractivity (Wildman–Crippen MR) is 97.0 cm³/mol. The molecular weight excluding hydrogens is 315 g/mol. The summed E-state index contributed by atoms with van der Waals surface area (Å²) >= 11 is 0. The summed E-state index contributed by atoms with van der Waals surface area (Å²) < 4.78 is 13.6. The van der Waals surface area contributed by atoms with Crippen LogP contribution in [0, 0.1) is 5.82 Å². The SMILES string of the molecule is O=C(Cc1ccccc1)N1CCC(c2c[nH]c3ccc(F)cc23)CC1. The quantitative estimate of drug-likeness (QED) is 0.762. The lowest BCUT2D eigenvalue weighted by Crippen LogP contribution is -2.38. The summed E-state index contributed by atoms with van der Waals surface area (Å²) in [5, 5.41) is 0.967. The Morgan fingerprint density at radius 2 is 1.88 bits per heavy atom. The molecule has 2 heterocycles. The molecule has 4 heteroatoms. The molecule has 0 radical (unpaired) electrons. The van der Waals surface area contributed by atoms with Crippen LogP contribution in [-0.4, -0.2) is 28.9 Å². The van der Waals surface area contributed by atoms with Crippen molar-refractivity contribution in [3.8, 4) is 0 Å². The van der Waals surface area contributed by atoms with Crippen LogP contribution in [0.25, 0.3) is 10.9 Å². The van der Waals surface area contributed by atoms with Crippen LogP contribution in [0.4, 0.5) is 4.39 Å². The molecule has 1 N–H and O–H groups in total. The number of likely N-dealkylation sites (tertiary alicyclic amines) is 1. The van der Waals surface area contributed by atoms with Gasteiger partial charge in [0.05, 0.1) is 6.42 Å². The normalized spacial score (nSPS) is 15.6. The average molecular weight is 336 g/mol. The summed E-state index contributed by atoms with van der Waals surface area (Å²) in [4.78, 5) is 17.7. The van der Waals surface area contributed by atoms with Gasteiger partial charge in [-0.1, -0.05) is 30.3 Å². The lowest BCUT2D eigenvalue weighted by molar-refractivity contribution is -0.131. The number of benzene rings is 2. The number of nitrogens with one attached hydrogen (secondary N) is 1. The van der Waals surface area contributed by atoms with Crippen LogP contribution in [0.3, 0.4) is 0 Å². The number of piperidine rings is 1. The van der Waals surface area contributed by atoms with Gasteiger partial charge in [-0.05, 0) is 48.1 Å². The number of fused-ring (bicyclic) bond motifs is 1. The van der Waals surface area contributed by atoms with Crippen molar-refractivity contribution < 1.29 is 9.18 Å². The van der Waals surface area contributed by atoms with E-state index in [1.54, 1.807) is 12.1 Å². The number of carbonyl (C=O) groups is 1. The molecule has 128 valence electrons. The highest BCUT2D eigenvalue weighted by atomic mass is 19.1. The first-order valence-corrected chi connectivity index (χ1v) is 8.79.